The standard InChI is InChI=1S/C23H23NO4/c1-14-6-8-16(9-7-14)21(26)19-20(15-10-12-18(25)13-11-15)24(23(28)22(19)27)17-4-2-3-5-17/h6-13,17,20,25-26H,2-5H2,1H3/b21-19-. The molecule has 1 amide bonds. The normalized spacial score (nSPS) is 22.2. The molecule has 1 saturated carbocycles. The van der Waals surface area contributed by atoms with E-state index in [-0.39, 0.29) is 23.1 Å². The first-order valence-electron chi connectivity index (χ1n) is 9.63. The van der Waals surface area contributed by atoms with Crippen LogP contribution >= 0.6 is 0 Å². The monoisotopic (exact) mass is 377 g/mol. The van der Waals surface area contributed by atoms with Gasteiger partial charge in [0.15, 0.2) is 0 Å². The first-order valence-corrected chi connectivity index (χ1v) is 9.63. The molecule has 1 unspecified atom stereocenters. The number of carbonyl (C=O) groups excluding carboxylic acids is 2. The van der Waals surface area contributed by atoms with Crippen LogP contribution in [0.25, 0.3) is 5.76 Å². The largest absolute Gasteiger partial charge is 0.508 e. The zero-order valence-electron chi connectivity index (χ0n) is 15.8. The highest BCUT2D eigenvalue weighted by molar-refractivity contribution is 6.46. The number of likely N-dealkylation sites (tertiary alicyclic amines) is 1. The lowest BCUT2D eigenvalue weighted by Crippen LogP contribution is -2.37. The molecule has 0 radical (unpaired) electrons. The SMILES string of the molecule is Cc1ccc(/C(O)=C2/C(=O)C(=O)N(C3CCCC3)C2c2ccc(O)cc2)cc1. The Morgan fingerprint density at radius 1 is 0.964 bits per heavy atom. The Balaban J connectivity index is 1.87. The van der Waals surface area contributed by atoms with Crippen molar-refractivity contribution in [1.29, 1.82) is 0 Å². The second kappa shape index (κ2) is 7.15. The van der Waals surface area contributed by atoms with E-state index in [0.29, 0.717) is 11.1 Å². The van der Waals surface area contributed by atoms with E-state index in [1.165, 1.54) is 12.1 Å². The van der Waals surface area contributed by atoms with Crippen molar-refractivity contribution in [3.8, 4) is 5.75 Å². The number of benzene rings is 2. The first kappa shape index (κ1) is 18.3. The minimum absolute atomic E-state index is 0.0152. The number of ketones is 1. The molecule has 1 saturated heterocycles. The van der Waals surface area contributed by atoms with Gasteiger partial charge in [-0.15, -0.1) is 0 Å². The number of aliphatic hydroxyl groups excluding tert-OH is 1. The van der Waals surface area contributed by atoms with Crippen molar-refractivity contribution >= 4 is 17.4 Å². The summed E-state index contributed by atoms with van der Waals surface area (Å²) in [6.07, 6.45) is 3.75. The van der Waals surface area contributed by atoms with E-state index in [1.807, 2.05) is 19.1 Å². The summed E-state index contributed by atoms with van der Waals surface area (Å²) in [4.78, 5) is 27.5. The van der Waals surface area contributed by atoms with Gasteiger partial charge in [-0.25, -0.2) is 0 Å². The number of hydrogen-bond donors (Lipinski definition) is 2. The Labute approximate surface area is 163 Å². The van der Waals surface area contributed by atoms with Crippen molar-refractivity contribution in [2.24, 2.45) is 0 Å². The van der Waals surface area contributed by atoms with Crippen LogP contribution in [0, 0.1) is 6.92 Å². The minimum atomic E-state index is -0.650. The summed E-state index contributed by atoms with van der Waals surface area (Å²) in [6.45, 7) is 1.94. The lowest BCUT2D eigenvalue weighted by Gasteiger charge is -2.30. The highest BCUT2D eigenvalue weighted by Gasteiger charge is 2.49. The molecule has 2 aromatic carbocycles. The van der Waals surface area contributed by atoms with E-state index in [2.05, 4.69) is 0 Å². The predicted octanol–water partition coefficient (Wildman–Crippen LogP) is 4.06. The van der Waals surface area contributed by atoms with Crippen molar-refractivity contribution in [1.82, 2.24) is 4.90 Å². The maximum Gasteiger partial charge on any atom is 0.295 e. The Hall–Kier alpha value is -3.08. The quantitative estimate of drug-likeness (QED) is 0.480. The zero-order valence-corrected chi connectivity index (χ0v) is 15.8. The van der Waals surface area contributed by atoms with Crippen molar-refractivity contribution in [2.75, 3.05) is 0 Å². The van der Waals surface area contributed by atoms with Crippen molar-refractivity contribution in [3.05, 3.63) is 70.8 Å². The van der Waals surface area contributed by atoms with Crippen molar-refractivity contribution < 1.29 is 19.8 Å². The van der Waals surface area contributed by atoms with E-state index in [9.17, 15) is 19.8 Å². The molecule has 2 fully saturated rings. The van der Waals surface area contributed by atoms with Gasteiger partial charge >= 0.3 is 0 Å². The van der Waals surface area contributed by atoms with Gasteiger partial charge in [-0.3, -0.25) is 9.59 Å². The van der Waals surface area contributed by atoms with E-state index in [4.69, 9.17) is 0 Å². The molecule has 0 spiro atoms. The third-order valence-corrected chi connectivity index (χ3v) is 5.73. The molecule has 0 aromatic heterocycles. The van der Waals surface area contributed by atoms with E-state index in [1.54, 1.807) is 29.2 Å². The number of aryl methyl sites for hydroxylation is 1. The topological polar surface area (TPSA) is 77.8 Å². The van der Waals surface area contributed by atoms with Gasteiger partial charge in [0.05, 0.1) is 11.6 Å². The summed E-state index contributed by atoms with van der Waals surface area (Å²) >= 11 is 0. The van der Waals surface area contributed by atoms with E-state index >= 15 is 0 Å². The van der Waals surface area contributed by atoms with Crippen LogP contribution in [0.15, 0.2) is 54.1 Å². The average Bonchev–Trinajstić information content (AvgIpc) is 3.30. The predicted molar refractivity (Wildman–Crippen MR) is 106 cm³/mol. The molecule has 1 aliphatic heterocycles. The van der Waals surface area contributed by atoms with Crippen LogP contribution in [0.1, 0.15) is 48.4 Å². The lowest BCUT2D eigenvalue weighted by molar-refractivity contribution is -0.141. The molecule has 2 aromatic rings. The number of hydrogen-bond acceptors (Lipinski definition) is 4. The molecule has 2 aliphatic rings. The molecule has 4 rings (SSSR count). The number of phenols is 1. The van der Waals surface area contributed by atoms with Crippen LogP contribution in [0.5, 0.6) is 5.75 Å². The number of phenolic OH excluding ortho intramolecular Hbond substituents is 1. The van der Waals surface area contributed by atoms with E-state index in [0.717, 1.165) is 31.2 Å². The van der Waals surface area contributed by atoms with E-state index < -0.39 is 17.7 Å². The number of amides is 1. The number of nitrogens with zero attached hydrogens (tertiary/aromatic N) is 1. The second-order valence-corrected chi connectivity index (χ2v) is 7.60. The number of Topliss-reactive ketones (excluding diaryl/α,β-unsaturated/α-hetero) is 1. The van der Waals surface area contributed by atoms with Crippen LogP contribution in [-0.4, -0.2) is 32.8 Å². The molecule has 2 N–H and O–H groups in total. The third-order valence-electron chi connectivity index (χ3n) is 5.73. The molecule has 0 bridgehead atoms. The minimum Gasteiger partial charge on any atom is -0.508 e. The first-order chi connectivity index (χ1) is 13.5. The van der Waals surface area contributed by atoms with Gasteiger partial charge in [0, 0.05) is 11.6 Å². The average molecular weight is 377 g/mol. The number of aromatic hydroxyl groups is 1. The van der Waals surface area contributed by atoms with Gasteiger partial charge in [0.2, 0.25) is 0 Å². The fraction of sp³-hybridized carbons (Fsp3) is 0.304. The number of carbonyl (C=O) groups is 2. The molecule has 5 heteroatoms. The van der Waals surface area contributed by atoms with Gasteiger partial charge in [-0.2, -0.15) is 0 Å². The lowest BCUT2D eigenvalue weighted by atomic mass is 9.94. The van der Waals surface area contributed by atoms with Gasteiger partial charge in [-0.1, -0.05) is 54.8 Å². The fourth-order valence-electron chi connectivity index (χ4n) is 4.26. The molecule has 1 aliphatic carbocycles. The Morgan fingerprint density at radius 2 is 1.57 bits per heavy atom. The van der Waals surface area contributed by atoms with Crippen molar-refractivity contribution in [3.63, 3.8) is 0 Å². The summed E-state index contributed by atoms with van der Waals surface area (Å²) in [7, 11) is 0. The Bertz CT molecular complexity index is 938. The maximum atomic E-state index is 12.9. The van der Waals surface area contributed by atoms with Crippen LogP contribution in [0.3, 0.4) is 0 Å². The highest BCUT2D eigenvalue weighted by Crippen LogP contribution is 2.43. The maximum absolute atomic E-state index is 12.9. The summed E-state index contributed by atoms with van der Waals surface area (Å²) in [6, 6.07) is 13.0. The third kappa shape index (κ3) is 3.07. The molecule has 1 atom stereocenters. The van der Waals surface area contributed by atoms with Gasteiger partial charge < -0.3 is 15.1 Å². The molecule has 1 heterocycles. The Kier molecular flexibility index (Phi) is 4.67. The van der Waals surface area contributed by atoms with Crippen molar-refractivity contribution in [2.45, 2.75) is 44.7 Å². The van der Waals surface area contributed by atoms with Crippen LogP contribution in [0.2, 0.25) is 0 Å². The fourth-order valence-corrected chi connectivity index (χ4v) is 4.26. The summed E-state index contributed by atoms with van der Waals surface area (Å²) in [5.41, 5.74) is 2.38. The van der Waals surface area contributed by atoms with Crippen LogP contribution in [0.4, 0.5) is 0 Å². The molecular weight excluding hydrogens is 354 g/mol. The molecule has 28 heavy (non-hydrogen) atoms. The second-order valence-electron chi connectivity index (χ2n) is 7.60. The molecule has 5 nitrogen and oxygen atoms in total. The number of rotatable bonds is 3. The summed E-state index contributed by atoms with van der Waals surface area (Å²) < 4.78 is 0. The smallest absolute Gasteiger partial charge is 0.295 e. The van der Waals surface area contributed by atoms with Gasteiger partial charge in [0.25, 0.3) is 11.7 Å². The highest BCUT2D eigenvalue weighted by atomic mass is 16.3. The number of aliphatic hydroxyl groups is 1. The molecular formula is C23H23NO4. The van der Waals surface area contributed by atoms with Crippen LogP contribution in [-0.2, 0) is 9.59 Å². The summed E-state index contributed by atoms with van der Waals surface area (Å²) in [5.74, 6) is -1.25. The van der Waals surface area contributed by atoms with Gasteiger partial charge in [0.1, 0.15) is 11.5 Å². The zero-order chi connectivity index (χ0) is 19.8. The summed E-state index contributed by atoms with van der Waals surface area (Å²) in [5, 5.41) is 20.6. The molecule has 144 valence electrons. The Morgan fingerprint density at radius 3 is 2.18 bits per heavy atom. The van der Waals surface area contributed by atoms with Gasteiger partial charge in [-0.05, 0) is 37.5 Å². The van der Waals surface area contributed by atoms with Crippen LogP contribution < -0.4 is 0 Å².